The zero-order valence-corrected chi connectivity index (χ0v) is 18.9. The van der Waals surface area contributed by atoms with Crippen LogP contribution >= 0.6 is 0 Å². The van der Waals surface area contributed by atoms with Crippen molar-refractivity contribution < 1.29 is 8.42 Å². The zero-order chi connectivity index (χ0) is 20.7. The van der Waals surface area contributed by atoms with Crippen LogP contribution in [0.25, 0.3) is 0 Å². The smallest absolute Gasteiger partial charge is 0.207 e. The van der Waals surface area contributed by atoms with E-state index in [2.05, 4.69) is 37.6 Å². The Balaban J connectivity index is 2.40. The molecule has 2 rings (SSSR count). The number of hydrogen-bond acceptors (Lipinski definition) is 2. The normalized spacial score (nSPS) is 13.7. The van der Waals surface area contributed by atoms with E-state index in [1.807, 2.05) is 53.7 Å². The minimum absolute atomic E-state index is 0.0758. The van der Waals surface area contributed by atoms with Crippen molar-refractivity contribution in [2.24, 2.45) is 0 Å². The molecule has 4 heteroatoms. The summed E-state index contributed by atoms with van der Waals surface area (Å²) in [5, 5.41) is 0. The third kappa shape index (κ3) is 4.27. The largest absolute Gasteiger partial charge is 0.241 e. The Labute approximate surface area is 165 Å². The van der Waals surface area contributed by atoms with Crippen LogP contribution in [-0.2, 0) is 15.4 Å². The molecule has 3 nitrogen and oxygen atoms in total. The SMILES string of the molecule is Cc1c(C)c(C)c(S(=O)(=O)NC(C)c2ccc(C(C)(C)C)cc2)c(C)c1C. The molecule has 0 saturated heterocycles. The maximum atomic E-state index is 13.2. The van der Waals surface area contributed by atoms with Gasteiger partial charge in [0.1, 0.15) is 0 Å². The highest BCUT2D eigenvalue weighted by atomic mass is 32.2. The average Bonchev–Trinajstić information content (AvgIpc) is 2.57. The van der Waals surface area contributed by atoms with Crippen LogP contribution in [-0.4, -0.2) is 8.42 Å². The molecule has 1 atom stereocenters. The molecule has 0 fully saturated rings. The van der Waals surface area contributed by atoms with E-state index in [4.69, 9.17) is 0 Å². The van der Waals surface area contributed by atoms with E-state index < -0.39 is 10.0 Å². The molecule has 0 aliphatic carbocycles. The maximum Gasteiger partial charge on any atom is 0.241 e. The van der Waals surface area contributed by atoms with Crippen LogP contribution < -0.4 is 4.72 Å². The molecule has 2 aromatic carbocycles. The summed E-state index contributed by atoms with van der Waals surface area (Å²) < 4.78 is 29.3. The topological polar surface area (TPSA) is 46.2 Å². The monoisotopic (exact) mass is 387 g/mol. The summed E-state index contributed by atoms with van der Waals surface area (Å²) >= 11 is 0. The second kappa shape index (κ2) is 7.40. The third-order valence-corrected chi connectivity index (χ3v) is 7.62. The van der Waals surface area contributed by atoms with Crippen LogP contribution in [0.4, 0.5) is 0 Å². The van der Waals surface area contributed by atoms with Gasteiger partial charge in [-0.15, -0.1) is 0 Å². The highest BCUT2D eigenvalue weighted by Gasteiger charge is 2.25. The minimum atomic E-state index is -3.62. The van der Waals surface area contributed by atoms with Crippen LogP contribution in [0.3, 0.4) is 0 Å². The van der Waals surface area contributed by atoms with E-state index in [1.54, 1.807) is 0 Å². The summed E-state index contributed by atoms with van der Waals surface area (Å²) in [5.41, 5.74) is 7.18. The summed E-state index contributed by atoms with van der Waals surface area (Å²) in [4.78, 5) is 0.418. The highest BCUT2D eigenvalue weighted by molar-refractivity contribution is 7.89. The molecule has 0 heterocycles. The number of benzene rings is 2. The summed E-state index contributed by atoms with van der Waals surface area (Å²) in [6.07, 6.45) is 0. The number of hydrogen-bond donors (Lipinski definition) is 1. The Kier molecular flexibility index (Phi) is 5.93. The molecule has 0 amide bonds. The van der Waals surface area contributed by atoms with Crippen molar-refractivity contribution in [3.05, 3.63) is 63.2 Å². The van der Waals surface area contributed by atoms with E-state index >= 15 is 0 Å². The lowest BCUT2D eigenvalue weighted by Gasteiger charge is -2.22. The van der Waals surface area contributed by atoms with E-state index in [9.17, 15) is 8.42 Å². The molecule has 27 heavy (non-hydrogen) atoms. The molecule has 148 valence electrons. The van der Waals surface area contributed by atoms with E-state index in [-0.39, 0.29) is 11.5 Å². The van der Waals surface area contributed by atoms with Crippen molar-refractivity contribution in [3.63, 3.8) is 0 Å². The standard InChI is InChI=1S/C23H33NO2S/c1-14-15(2)17(4)22(18(5)16(14)3)27(25,26)24-19(6)20-10-12-21(13-11-20)23(7,8)9/h10-13,19,24H,1-9H3. The van der Waals surface area contributed by atoms with Gasteiger partial charge in [0.05, 0.1) is 4.90 Å². The average molecular weight is 388 g/mol. The van der Waals surface area contributed by atoms with Crippen molar-refractivity contribution in [3.8, 4) is 0 Å². The van der Waals surface area contributed by atoms with E-state index in [1.165, 1.54) is 5.56 Å². The first-order valence-electron chi connectivity index (χ1n) is 9.47. The van der Waals surface area contributed by atoms with Gasteiger partial charge in [-0.3, -0.25) is 0 Å². The summed E-state index contributed by atoms with van der Waals surface area (Å²) in [6, 6.07) is 7.89. The first-order chi connectivity index (χ1) is 12.3. The maximum absolute atomic E-state index is 13.2. The van der Waals surface area contributed by atoms with E-state index in [0.29, 0.717) is 4.90 Å². The van der Waals surface area contributed by atoms with Gasteiger partial charge in [0.25, 0.3) is 0 Å². The predicted octanol–water partition coefficient (Wildman–Crippen LogP) is 5.57. The zero-order valence-electron chi connectivity index (χ0n) is 18.1. The van der Waals surface area contributed by atoms with Gasteiger partial charge in [-0.05, 0) is 85.9 Å². The summed E-state index contributed by atoms with van der Waals surface area (Å²) in [6.45, 7) is 18.2. The molecule has 0 aliphatic rings. The van der Waals surface area contributed by atoms with Gasteiger partial charge >= 0.3 is 0 Å². The van der Waals surface area contributed by atoms with Gasteiger partial charge in [0.2, 0.25) is 10.0 Å². The summed E-state index contributed by atoms with van der Waals surface area (Å²) in [7, 11) is -3.62. The van der Waals surface area contributed by atoms with E-state index in [0.717, 1.165) is 33.4 Å². The molecular formula is C23H33NO2S. The first kappa shape index (κ1) is 21.6. The van der Waals surface area contributed by atoms with Crippen molar-refractivity contribution in [2.75, 3.05) is 0 Å². The molecule has 1 unspecified atom stereocenters. The van der Waals surface area contributed by atoms with Gasteiger partial charge in [0.15, 0.2) is 0 Å². The number of nitrogens with one attached hydrogen (secondary N) is 1. The lowest BCUT2D eigenvalue weighted by Crippen LogP contribution is -2.29. The Morgan fingerprint density at radius 2 is 1.19 bits per heavy atom. The molecule has 0 aromatic heterocycles. The predicted molar refractivity (Wildman–Crippen MR) is 114 cm³/mol. The second-order valence-electron chi connectivity index (χ2n) is 8.67. The van der Waals surface area contributed by atoms with Crippen LogP contribution in [0.1, 0.15) is 72.7 Å². The van der Waals surface area contributed by atoms with Crippen molar-refractivity contribution in [1.82, 2.24) is 4.72 Å². The third-order valence-electron chi connectivity index (χ3n) is 5.81. The van der Waals surface area contributed by atoms with Gasteiger partial charge in [-0.1, -0.05) is 45.0 Å². The number of rotatable bonds is 4. The first-order valence-corrected chi connectivity index (χ1v) is 11.0. The fraction of sp³-hybridized carbons (Fsp3) is 0.478. The second-order valence-corrected chi connectivity index (χ2v) is 10.3. The van der Waals surface area contributed by atoms with Gasteiger partial charge in [0, 0.05) is 6.04 Å². The fourth-order valence-corrected chi connectivity index (χ4v) is 5.33. The van der Waals surface area contributed by atoms with Crippen molar-refractivity contribution in [2.45, 2.75) is 78.7 Å². The molecule has 0 aliphatic heterocycles. The van der Waals surface area contributed by atoms with Gasteiger partial charge in [-0.2, -0.15) is 0 Å². The van der Waals surface area contributed by atoms with Crippen LogP contribution in [0.5, 0.6) is 0 Å². The van der Waals surface area contributed by atoms with Crippen LogP contribution in [0.15, 0.2) is 29.2 Å². The highest BCUT2D eigenvalue weighted by Crippen LogP contribution is 2.31. The minimum Gasteiger partial charge on any atom is -0.207 e. The fourth-order valence-electron chi connectivity index (χ4n) is 3.50. The van der Waals surface area contributed by atoms with Gasteiger partial charge < -0.3 is 0 Å². The van der Waals surface area contributed by atoms with Gasteiger partial charge in [-0.25, -0.2) is 13.1 Å². The Hall–Kier alpha value is -1.65. The molecule has 1 N–H and O–H groups in total. The molecule has 0 saturated carbocycles. The van der Waals surface area contributed by atoms with Crippen molar-refractivity contribution >= 4 is 10.0 Å². The Morgan fingerprint density at radius 3 is 1.59 bits per heavy atom. The molecule has 2 aromatic rings. The Morgan fingerprint density at radius 1 is 0.778 bits per heavy atom. The number of sulfonamides is 1. The molecule has 0 bridgehead atoms. The van der Waals surface area contributed by atoms with Crippen LogP contribution in [0.2, 0.25) is 0 Å². The van der Waals surface area contributed by atoms with Crippen LogP contribution in [0, 0.1) is 34.6 Å². The molecular weight excluding hydrogens is 354 g/mol. The van der Waals surface area contributed by atoms with Crippen molar-refractivity contribution in [1.29, 1.82) is 0 Å². The molecule has 0 radical (unpaired) electrons. The Bertz CT molecular complexity index is 920. The lowest BCUT2D eigenvalue weighted by atomic mass is 9.86. The quantitative estimate of drug-likeness (QED) is 0.746. The lowest BCUT2D eigenvalue weighted by molar-refractivity contribution is 0.564. The molecule has 0 spiro atoms. The summed E-state index contributed by atoms with van der Waals surface area (Å²) in [5.74, 6) is 0.